The predicted molar refractivity (Wildman–Crippen MR) is 72.3 cm³/mol. The molecule has 0 unspecified atom stereocenters. The molecule has 98 valence electrons. The van der Waals surface area contributed by atoms with Crippen LogP contribution in [0.4, 0.5) is 5.82 Å². The van der Waals surface area contributed by atoms with E-state index in [-0.39, 0.29) is 5.91 Å². The van der Waals surface area contributed by atoms with Gasteiger partial charge >= 0.3 is 0 Å². The molecule has 19 heavy (non-hydrogen) atoms. The number of thiazole rings is 1. The van der Waals surface area contributed by atoms with Crippen LogP contribution in [0.5, 0.6) is 0 Å². The number of piperazine rings is 1. The van der Waals surface area contributed by atoms with Crippen molar-refractivity contribution in [1.82, 2.24) is 19.9 Å². The van der Waals surface area contributed by atoms with Crippen LogP contribution in [0.3, 0.4) is 0 Å². The highest BCUT2D eigenvalue weighted by Gasteiger charge is 2.23. The monoisotopic (exact) mass is 275 g/mol. The normalized spacial score (nSPS) is 15.6. The number of anilines is 1. The molecule has 0 aliphatic carbocycles. The number of hydrogen-bond acceptors (Lipinski definition) is 6. The second-order valence-corrected chi connectivity index (χ2v) is 4.94. The predicted octanol–water partition coefficient (Wildman–Crippen LogP) is 0.895. The van der Waals surface area contributed by atoms with Gasteiger partial charge in [0.15, 0.2) is 0 Å². The van der Waals surface area contributed by atoms with E-state index in [4.69, 9.17) is 0 Å². The van der Waals surface area contributed by atoms with Crippen molar-refractivity contribution in [1.29, 1.82) is 0 Å². The van der Waals surface area contributed by atoms with Crippen molar-refractivity contribution in [3.8, 4) is 0 Å². The summed E-state index contributed by atoms with van der Waals surface area (Å²) in [5, 5.41) is 1.79. The molecule has 7 heteroatoms. The van der Waals surface area contributed by atoms with E-state index in [2.05, 4.69) is 19.9 Å². The third kappa shape index (κ3) is 2.55. The Morgan fingerprint density at radius 3 is 2.63 bits per heavy atom. The zero-order valence-corrected chi connectivity index (χ0v) is 11.1. The first-order valence-electron chi connectivity index (χ1n) is 6.03. The molecule has 2 aromatic heterocycles. The van der Waals surface area contributed by atoms with Crippen LogP contribution >= 0.6 is 11.3 Å². The molecule has 1 aliphatic heterocycles. The summed E-state index contributed by atoms with van der Waals surface area (Å²) < 4.78 is 0. The third-order valence-corrected chi connectivity index (χ3v) is 3.68. The van der Waals surface area contributed by atoms with Gasteiger partial charge in [0.1, 0.15) is 11.5 Å². The average molecular weight is 275 g/mol. The highest BCUT2D eigenvalue weighted by molar-refractivity contribution is 7.07. The second-order valence-electron chi connectivity index (χ2n) is 4.22. The van der Waals surface area contributed by atoms with Gasteiger partial charge in [-0.15, -0.1) is 11.3 Å². The first kappa shape index (κ1) is 12.0. The SMILES string of the molecule is O=C(c1cscn1)N1CCN(c2cnccn2)CC1. The zero-order valence-electron chi connectivity index (χ0n) is 10.3. The van der Waals surface area contributed by atoms with Crippen LogP contribution in [0.15, 0.2) is 29.5 Å². The standard InChI is InChI=1S/C12H13N5OS/c18-12(10-8-19-9-15-10)17-5-3-16(4-6-17)11-7-13-1-2-14-11/h1-2,7-9H,3-6H2. The Morgan fingerprint density at radius 2 is 2.00 bits per heavy atom. The minimum absolute atomic E-state index is 0.0139. The van der Waals surface area contributed by atoms with Crippen LogP contribution in [0, 0.1) is 0 Å². The summed E-state index contributed by atoms with van der Waals surface area (Å²) in [7, 11) is 0. The van der Waals surface area contributed by atoms with Gasteiger partial charge in [0.25, 0.3) is 5.91 Å². The summed E-state index contributed by atoms with van der Waals surface area (Å²) in [6.07, 6.45) is 5.09. The average Bonchev–Trinajstić information content (AvgIpc) is 3.02. The number of amides is 1. The number of aromatic nitrogens is 3. The minimum Gasteiger partial charge on any atom is -0.352 e. The molecular formula is C12H13N5OS. The molecule has 0 saturated carbocycles. The number of nitrogens with zero attached hydrogens (tertiary/aromatic N) is 5. The Morgan fingerprint density at radius 1 is 1.16 bits per heavy atom. The minimum atomic E-state index is 0.0139. The lowest BCUT2D eigenvalue weighted by Gasteiger charge is -2.34. The van der Waals surface area contributed by atoms with Crippen LogP contribution in [-0.4, -0.2) is 51.9 Å². The Kier molecular flexibility index (Phi) is 3.37. The fraction of sp³-hybridized carbons (Fsp3) is 0.333. The lowest BCUT2D eigenvalue weighted by atomic mass is 10.3. The van der Waals surface area contributed by atoms with E-state index in [1.54, 1.807) is 29.5 Å². The summed E-state index contributed by atoms with van der Waals surface area (Å²) in [5.41, 5.74) is 2.22. The van der Waals surface area contributed by atoms with Gasteiger partial charge in [-0.1, -0.05) is 0 Å². The quantitative estimate of drug-likeness (QED) is 0.814. The molecule has 0 aromatic carbocycles. The van der Waals surface area contributed by atoms with Crippen molar-refractivity contribution in [2.24, 2.45) is 0 Å². The van der Waals surface area contributed by atoms with E-state index >= 15 is 0 Å². The largest absolute Gasteiger partial charge is 0.352 e. The summed E-state index contributed by atoms with van der Waals surface area (Å²) in [4.78, 5) is 28.5. The number of hydrogen-bond donors (Lipinski definition) is 0. The molecule has 1 aliphatic rings. The van der Waals surface area contributed by atoms with Gasteiger partial charge in [0.2, 0.25) is 0 Å². The Balaban J connectivity index is 1.62. The van der Waals surface area contributed by atoms with Crippen molar-refractivity contribution in [3.05, 3.63) is 35.2 Å². The molecule has 1 amide bonds. The maximum atomic E-state index is 12.1. The lowest BCUT2D eigenvalue weighted by Crippen LogP contribution is -2.49. The van der Waals surface area contributed by atoms with Crippen molar-refractivity contribution in [3.63, 3.8) is 0 Å². The fourth-order valence-electron chi connectivity index (χ4n) is 2.07. The summed E-state index contributed by atoms with van der Waals surface area (Å²) in [6, 6.07) is 0. The Hall–Kier alpha value is -2.02. The van der Waals surface area contributed by atoms with Gasteiger partial charge < -0.3 is 9.80 Å². The van der Waals surface area contributed by atoms with E-state index in [0.717, 1.165) is 18.9 Å². The van der Waals surface area contributed by atoms with Gasteiger partial charge in [-0.25, -0.2) is 9.97 Å². The highest BCUT2D eigenvalue weighted by Crippen LogP contribution is 2.13. The highest BCUT2D eigenvalue weighted by atomic mass is 32.1. The Labute approximate surface area is 114 Å². The Bertz CT molecular complexity index is 537. The van der Waals surface area contributed by atoms with Crippen LogP contribution in [-0.2, 0) is 0 Å². The number of carbonyl (C=O) groups excluding carboxylic acids is 1. The van der Waals surface area contributed by atoms with Crippen molar-refractivity contribution >= 4 is 23.1 Å². The van der Waals surface area contributed by atoms with Crippen LogP contribution in [0.2, 0.25) is 0 Å². The molecule has 0 N–H and O–H groups in total. The maximum Gasteiger partial charge on any atom is 0.273 e. The molecule has 0 atom stereocenters. The summed E-state index contributed by atoms with van der Waals surface area (Å²) >= 11 is 1.44. The smallest absolute Gasteiger partial charge is 0.273 e. The van der Waals surface area contributed by atoms with Crippen LogP contribution in [0.25, 0.3) is 0 Å². The van der Waals surface area contributed by atoms with Gasteiger partial charge in [-0.3, -0.25) is 9.78 Å². The van der Waals surface area contributed by atoms with E-state index in [1.165, 1.54) is 11.3 Å². The van der Waals surface area contributed by atoms with Gasteiger partial charge in [-0.2, -0.15) is 0 Å². The lowest BCUT2D eigenvalue weighted by molar-refractivity contribution is 0.0741. The van der Waals surface area contributed by atoms with Crippen LogP contribution in [0.1, 0.15) is 10.5 Å². The first-order valence-corrected chi connectivity index (χ1v) is 6.97. The molecular weight excluding hydrogens is 262 g/mol. The van der Waals surface area contributed by atoms with Crippen molar-refractivity contribution in [2.75, 3.05) is 31.1 Å². The molecule has 0 radical (unpaired) electrons. The summed E-state index contributed by atoms with van der Waals surface area (Å²) in [5.74, 6) is 0.878. The summed E-state index contributed by atoms with van der Waals surface area (Å²) in [6.45, 7) is 2.92. The topological polar surface area (TPSA) is 62.2 Å². The number of rotatable bonds is 2. The molecule has 3 heterocycles. The molecule has 3 rings (SSSR count). The molecule has 2 aromatic rings. The van der Waals surface area contributed by atoms with E-state index in [1.807, 2.05) is 4.90 Å². The molecule has 0 spiro atoms. The van der Waals surface area contributed by atoms with E-state index in [9.17, 15) is 4.79 Å². The van der Waals surface area contributed by atoms with Crippen molar-refractivity contribution < 1.29 is 4.79 Å². The second kappa shape index (κ2) is 5.31. The van der Waals surface area contributed by atoms with Gasteiger partial charge in [0.05, 0.1) is 11.7 Å². The van der Waals surface area contributed by atoms with Crippen LogP contribution < -0.4 is 4.90 Å². The first-order chi connectivity index (χ1) is 9.34. The fourth-order valence-corrected chi connectivity index (χ4v) is 2.60. The molecule has 1 fully saturated rings. The maximum absolute atomic E-state index is 12.1. The van der Waals surface area contributed by atoms with Gasteiger partial charge in [0, 0.05) is 44.0 Å². The van der Waals surface area contributed by atoms with Gasteiger partial charge in [-0.05, 0) is 0 Å². The zero-order chi connectivity index (χ0) is 13.1. The van der Waals surface area contributed by atoms with E-state index < -0.39 is 0 Å². The number of carbonyl (C=O) groups is 1. The molecule has 6 nitrogen and oxygen atoms in total. The molecule has 0 bridgehead atoms. The molecule has 1 saturated heterocycles. The van der Waals surface area contributed by atoms with Crippen molar-refractivity contribution in [2.45, 2.75) is 0 Å². The van der Waals surface area contributed by atoms with E-state index in [0.29, 0.717) is 18.8 Å². The third-order valence-electron chi connectivity index (χ3n) is 3.09.